The zero-order valence-corrected chi connectivity index (χ0v) is 10.7. The monoisotopic (exact) mass is 261 g/mol. The Kier molecular flexibility index (Phi) is 3.50. The molecule has 0 saturated carbocycles. The summed E-state index contributed by atoms with van der Waals surface area (Å²) in [5.41, 5.74) is 2.01. The molecule has 0 fully saturated rings. The van der Waals surface area contributed by atoms with Crippen molar-refractivity contribution in [3.63, 3.8) is 0 Å². The van der Waals surface area contributed by atoms with Gasteiger partial charge in [-0.15, -0.1) is 0 Å². The summed E-state index contributed by atoms with van der Waals surface area (Å²) < 4.78 is 0. The van der Waals surface area contributed by atoms with E-state index in [9.17, 15) is 14.4 Å². The number of aromatic amines is 2. The van der Waals surface area contributed by atoms with Crippen LogP contribution in [0.1, 0.15) is 31.9 Å². The summed E-state index contributed by atoms with van der Waals surface area (Å²) in [6.45, 7) is 3.20. The molecule has 0 aliphatic rings. The minimum absolute atomic E-state index is 0.117. The van der Waals surface area contributed by atoms with Crippen molar-refractivity contribution in [1.82, 2.24) is 15.3 Å². The van der Waals surface area contributed by atoms with Gasteiger partial charge in [0.2, 0.25) is 5.91 Å². The molecule has 0 aliphatic heterocycles. The highest BCUT2D eigenvalue weighted by Crippen LogP contribution is 2.17. The zero-order chi connectivity index (χ0) is 14.0. The topological polar surface area (TPSA) is 94.8 Å². The van der Waals surface area contributed by atoms with E-state index in [1.54, 1.807) is 12.1 Å². The van der Waals surface area contributed by atoms with Crippen molar-refractivity contribution >= 4 is 22.7 Å². The van der Waals surface area contributed by atoms with Gasteiger partial charge < -0.3 is 15.3 Å². The SMILES string of the molecule is CC(=O)CC(=O)NC(C)c1ccc2[nH]c(=O)[nH]c2c1. The first-order valence-electron chi connectivity index (χ1n) is 5.96. The number of hydrogen-bond acceptors (Lipinski definition) is 3. The van der Waals surface area contributed by atoms with Gasteiger partial charge in [0.1, 0.15) is 5.78 Å². The Bertz CT molecular complexity index is 684. The highest BCUT2D eigenvalue weighted by molar-refractivity contribution is 5.96. The van der Waals surface area contributed by atoms with E-state index in [4.69, 9.17) is 0 Å². The molecule has 2 rings (SSSR count). The Balaban J connectivity index is 2.16. The number of hydrogen-bond donors (Lipinski definition) is 3. The molecule has 0 spiro atoms. The number of carbonyl (C=O) groups is 2. The Labute approximate surface area is 109 Å². The minimum Gasteiger partial charge on any atom is -0.349 e. The molecule has 1 amide bonds. The fourth-order valence-corrected chi connectivity index (χ4v) is 1.92. The first-order chi connectivity index (χ1) is 8.95. The molecule has 1 heterocycles. The number of fused-ring (bicyclic) bond motifs is 1. The molecule has 6 nitrogen and oxygen atoms in total. The van der Waals surface area contributed by atoms with Crippen LogP contribution in [0.25, 0.3) is 11.0 Å². The minimum atomic E-state index is -0.303. The van der Waals surface area contributed by atoms with E-state index >= 15 is 0 Å². The van der Waals surface area contributed by atoms with E-state index in [2.05, 4.69) is 15.3 Å². The molecule has 0 saturated heterocycles. The normalized spacial score (nSPS) is 12.3. The lowest BCUT2D eigenvalue weighted by atomic mass is 10.1. The van der Waals surface area contributed by atoms with E-state index in [1.807, 2.05) is 13.0 Å². The van der Waals surface area contributed by atoms with Gasteiger partial charge in [-0.25, -0.2) is 4.79 Å². The third-order valence-corrected chi connectivity index (χ3v) is 2.83. The molecule has 1 atom stereocenters. The van der Waals surface area contributed by atoms with Crippen molar-refractivity contribution in [3.8, 4) is 0 Å². The Morgan fingerprint density at radius 1 is 1.26 bits per heavy atom. The quantitative estimate of drug-likeness (QED) is 0.717. The highest BCUT2D eigenvalue weighted by Gasteiger charge is 2.12. The lowest BCUT2D eigenvalue weighted by Crippen LogP contribution is -2.27. The van der Waals surface area contributed by atoms with Crippen LogP contribution < -0.4 is 11.0 Å². The maximum Gasteiger partial charge on any atom is 0.323 e. The molecular formula is C13H15N3O3. The number of ketones is 1. The van der Waals surface area contributed by atoms with Crippen LogP contribution in [-0.4, -0.2) is 21.7 Å². The lowest BCUT2D eigenvalue weighted by molar-refractivity contribution is -0.127. The van der Waals surface area contributed by atoms with Crippen molar-refractivity contribution in [2.24, 2.45) is 0 Å². The molecular weight excluding hydrogens is 246 g/mol. The maximum absolute atomic E-state index is 11.5. The van der Waals surface area contributed by atoms with Crippen LogP contribution in [0.2, 0.25) is 0 Å². The third-order valence-electron chi connectivity index (χ3n) is 2.83. The summed E-state index contributed by atoms with van der Waals surface area (Å²) >= 11 is 0. The van der Waals surface area contributed by atoms with Crippen molar-refractivity contribution in [2.75, 3.05) is 0 Å². The van der Waals surface area contributed by atoms with Gasteiger partial charge in [0.05, 0.1) is 23.5 Å². The standard InChI is InChI=1S/C13H15N3O3/c1-7(17)5-12(18)14-8(2)9-3-4-10-11(6-9)16-13(19)15-10/h3-4,6,8H,5H2,1-2H3,(H,14,18)(H2,15,16,19). The summed E-state index contributed by atoms with van der Waals surface area (Å²) in [6, 6.07) is 5.17. The maximum atomic E-state index is 11.5. The molecule has 2 aromatic rings. The van der Waals surface area contributed by atoms with Crippen LogP contribution in [0.15, 0.2) is 23.0 Å². The molecule has 6 heteroatoms. The number of rotatable bonds is 4. The molecule has 1 aromatic carbocycles. The predicted octanol–water partition coefficient (Wildman–Crippen LogP) is 1.01. The average Bonchev–Trinajstić information content (AvgIpc) is 2.66. The first-order valence-corrected chi connectivity index (χ1v) is 5.96. The molecule has 0 bridgehead atoms. The molecule has 19 heavy (non-hydrogen) atoms. The number of carbonyl (C=O) groups excluding carboxylic acids is 2. The van der Waals surface area contributed by atoms with Gasteiger partial charge in [0, 0.05) is 0 Å². The zero-order valence-electron chi connectivity index (χ0n) is 10.7. The van der Waals surface area contributed by atoms with Gasteiger partial charge in [-0.3, -0.25) is 9.59 Å². The molecule has 3 N–H and O–H groups in total. The number of aromatic nitrogens is 2. The summed E-state index contributed by atoms with van der Waals surface area (Å²) in [7, 11) is 0. The number of imidazole rings is 1. The lowest BCUT2D eigenvalue weighted by Gasteiger charge is -2.13. The molecule has 1 aromatic heterocycles. The summed E-state index contributed by atoms with van der Waals surface area (Å²) in [5.74, 6) is -0.474. The fourth-order valence-electron chi connectivity index (χ4n) is 1.92. The fraction of sp³-hybridized carbons (Fsp3) is 0.308. The van der Waals surface area contributed by atoms with Crippen LogP contribution in [0.4, 0.5) is 0 Å². The molecule has 1 unspecified atom stereocenters. The van der Waals surface area contributed by atoms with Crippen molar-refractivity contribution < 1.29 is 9.59 Å². The van der Waals surface area contributed by atoms with Crippen molar-refractivity contribution in [3.05, 3.63) is 34.2 Å². The largest absolute Gasteiger partial charge is 0.349 e. The smallest absolute Gasteiger partial charge is 0.323 e. The van der Waals surface area contributed by atoms with Gasteiger partial charge in [0.15, 0.2) is 0 Å². The number of nitrogens with one attached hydrogen (secondary N) is 3. The summed E-state index contributed by atoms with van der Waals surface area (Å²) in [6.07, 6.45) is -0.117. The number of amides is 1. The predicted molar refractivity (Wildman–Crippen MR) is 70.8 cm³/mol. The summed E-state index contributed by atoms with van der Waals surface area (Å²) in [4.78, 5) is 38.8. The van der Waals surface area contributed by atoms with E-state index in [1.165, 1.54) is 6.92 Å². The average molecular weight is 261 g/mol. The Morgan fingerprint density at radius 3 is 2.63 bits per heavy atom. The van der Waals surface area contributed by atoms with Crippen LogP contribution in [0.3, 0.4) is 0 Å². The van der Waals surface area contributed by atoms with Crippen LogP contribution in [0, 0.1) is 0 Å². The molecule has 100 valence electrons. The second-order valence-electron chi connectivity index (χ2n) is 4.55. The van der Waals surface area contributed by atoms with E-state index < -0.39 is 0 Å². The number of H-pyrrole nitrogens is 2. The Morgan fingerprint density at radius 2 is 1.95 bits per heavy atom. The number of Topliss-reactive ketones (excluding diaryl/α,β-unsaturated/α-hetero) is 1. The van der Waals surface area contributed by atoms with E-state index in [0.717, 1.165) is 11.1 Å². The summed E-state index contributed by atoms with van der Waals surface area (Å²) in [5, 5.41) is 2.74. The van der Waals surface area contributed by atoms with Crippen LogP contribution >= 0.6 is 0 Å². The van der Waals surface area contributed by atoms with Gasteiger partial charge in [-0.2, -0.15) is 0 Å². The molecule has 0 radical (unpaired) electrons. The third kappa shape index (κ3) is 3.09. The van der Waals surface area contributed by atoms with Gasteiger partial charge in [-0.05, 0) is 31.5 Å². The first kappa shape index (κ1) is 13.1. The van der Waals surface area contributed by atoms with Crippen LogP contribution in [0.5, 0.6) is 0 Å². The Hall–Kier alpha value is -2.37. The van der Waals surface area contributed by atoms with Crippen molar-refractivity contribution in [1.29, 1.82) is 0 Å². The van der Waals surface area contributed by atoms with Crippen molar-refractivity contribution in [2.45, 2.75) is 26.3 Å². The van der Waals surface area contributed by atoms with Gasteiger partial charge in [0.25, 0.3) is 0 Å². The number of benzene rings is 1. The highest BCUT2D eigenvalue weighted by atomic mass is 16.2. The van der Waals surface area contributed by atoms with Gasteiger partial charge in [-0.1, -0.05) is 6.07 Å². The van der Waals surface area contributed by atoms with Crippen LogP contribution in [-0.2, 0) is 9.59 Å². The van der Waals surface area contributed by atoms with Gasteiger partial charge >= 0.3 is 5.69 Å². The second-order valence-corrected chi connectivity index (χ2v) is 4.55. The van der Waals surface area contributed by atoms with E-state index in [-0.39, 0.29) is 29.8 Å². The van der Waals surface area contributed by atoms with E-state index in [0.29, 0.717) is 5.52 Å². The second kappa shape index (κ2) is 5.09. The molecule has 0 aliphatic carbocycles.